The van der Waals surface area contributed by atoms with Crippen molar-refractivity contribution in [2.45, 2.75) is 38.0 Å². The lowest BCUT2D eigenvalue weighted by molar-refractivity contribution is 0.107. The molecule has 2 rings (SSSR count). The van der Waals surface area contributed by atoms with E-state index in [0.29, 0.717) is 17.7 Å². The van der Waals surface area contributed by atoms with Crippen LogP contribution in [0, 0.1) is 11.3 Å². The molecule has 1 saturated carbocycles. The number of hydrogen-bond acceptors (Lipinski definition) is 4. The molecule has 0 saturated heterocycles. The first kappa shape index (κ1) is 13.9. The number of benzene rings is 1. The number of methoxy groups -OCH3 is 2. The van der Waals surface area contributed by atoms with E-state index in [1.807, 2.05) is 12.1 Å². The Morgan fingerprint density at radius 1 is 1.37 bits per heavy atom. The van der Waals surface area contributed by atoms with Gasteiger partial charge in [-0.3, -0.25) is 0 Å². The minimum atomic E-state index is 0.379. The molecule has 1 fully saturated rings. The summed E-state index contributed by atoms with van der Waals surface area (Å²) in [5.74, 6) is 0.827. The van der Waals surface area contributed by atoms with Crippen molar-refractivity contribution in [2.24, 2.45) is 0 Å². The van der Waals surface area contributed by atoms with Crippen LogP contribution in [0.1, 0.15) is 30.4 Å². The van der Waals surface area contributed by atoms with Crippen LogP contribution in [0.25, 0.3) is 0 Å². The second-order valence-electron chi connectivity index (χ2n) is 4.89. The Labute approximate surface area is 114 Å². The molecule has 4 heteroatoms. The van der Waals surface area contributed by atoms with E-state index >= 15 is 0 Å². The van der Waals surface area contributed by atoms with Gasteiger partial charge in [0.05, 0.1) is 24.8 Å². The van der Waals surface area contributed by atoms with Crippen molar-refractivity contribution in [1.82, 2.24) is 5.32 Å². The van der Waals surface area contributed by atoms with Crippen molar-refractivity contribution in [1.29, 1.82) is 5.26 Å². The number of ether oxygens (including phenoxy) is 2. The van der Waals surface area contributed by atoms with Crippen molar-refractivity contribution >= 4 is 0 Å². The van der Waals surface area contributed by atoms with Crippen molar-refractivity contribution in [2.75, 3.05) is 14.2 Å². The highest BCUT2D eigenvalue weighted by Crippen LogP contribution is 2.24. The molecule has 0 heterocycles. The molecule has 1 aliphatic carbocycles. The zero-order chi connectivity index (χ0) is 13.7. The van der Waals surface area contributed by atoms with Gasteiger partial charge >= 0.3 is 0 Å². The molecule has 0 radical (unpaired) electrons. The topological polar surface area (TPSA) is 54.3 Å². The Morgan fingerprint density at radius 2 is 2.21 bits per heavy atom. The van der Waals surface area contributed by atoms with Crippen LogP contribution >= 0.6 is 0 Å². The third-order valence-electron chi connectivity index (χ3n) is 3.71. The van der Waals surface area contributed by atoms with Gasteiger partial charge in [-0.2, -0.15) is 5.26 Å². The molecule has 19 heavy (non-hydrogen) atoms. The lowest BCUT2D eigenvalue weighted by Gasteiger charge is -2.15. The average molecular weight is 260 g/mol. The van der Waals surface area contributed by atoms with Crippen LogP contribution in [0.4, 0.5) is 0 Å². The van der Waals surface area contributed by atoms with Gasteiger partial charge < -0.3 is 14.8 Å². The molecule has 0 aromatic heterocycles. The van der Waals surface area contributed by atoms with Gasteiger partial charge in [0.15, 0.2) is 0 Å². The summed E-state index contributed by atoms with van der Waals surface area (Å²) < 4.78 is 10.7. The van der Waals surface area contributed by atoms with Gasteiger partial charge in [0.2, 0.25) is 0 Å². The lowest BCUT2D eigenvalue weighted by Crippen LogP contribution is -2.26. The number of hydrogen-bond donors (Lipinski definition) is 1. The number of nitrogens with zero attached hydrogens (tertiary/aromatic N) is 1. The number of nitriles is 1. The van der Waals surface area contributed by atoms with Gasteiger partial charge in [-0.15, -0.1) is 0 Å². The van der Waals surface area contributed by atoms with Gasteiger partial charge in [-0.25, -0.2) is 0 Å². The second kappa shape index (κ2) is 6.55. The molecule has 0 aliphatic heterocycles. The maximum Gasteiger partial charge on any atom is 0.123 e. The molecule has 4 nitrogen and oxygen atoms in total. The molecule has 102 valence electrons. The van der Waals surface area contributed by atoms with E-state index < -0.39 is 0 Å². The predicted molar refractivity (Wildman–Crippen MR) is 73.0 cm³/mol. The Kier molecular flexibility index (Phi) is 4.78. The minimum Gasteiger partial charge on any atom is -0.496 e. The Morgan fingerprint density at radius 3 is 2.84 bits per heavy atom. The van der Waals surface area contributed by atoms with Crippen LogP contribution < -0.4 is 10.1 Å². The highest BCUT2D eigenvalue weighted by atomic mass is 16.5. The van der Waals surface area contributed by atoms with Gasteiger partial charge in [0, 0.05) is 25.3 Å². The van der Waals surface area contributed by atoms with E-state index in [1.165, 1.54) is 0 Å². The van der Waals surface area contributed by atoms with Crippen LogP contribution in [0.15, 0.2) is 18.2 Å². The van der Waals surface area contributed by atoms with Crippen molar-refractivity contribution in [3.63, 3.8) is 0 Å². The first-order valence-electron chi connectivity index (χ1n) is 6.60. The lowest BCUT2D eigenvalue weighted by atomic mass is 10.1. The normalized spacial score (nSPS) is 22.2. The van der Waals surface area contributed by atoms with Crippen LogP contribution in [0.2, 0.25) is 0 Å². The maximum atomic E-state index is 8.94. The number of nitrogens with one attached hydrogen (secondary N) is 1. The summed E-state index contributed by atoms with van der Waals surface area (Å²) in [6.07, 6.45) is 3.68. The first-order chi connectivity index (χ1) is 9.26. The molecule has 0 spiro atoms. The maximum absolute atomic E-state index is 8.94. The predicted octanol–water partition coefficient (Wildman–Crippen LogP) is 2.22. The fourth-order valence-corrected chi connectivity index (χ4v) is 2.58. The SMILES string of the molecule is COc1ccc(C#N)cc1CNC1CCC(OC)C1. The van der Waals surface area contributed by atoms with E-state index in [1.54, 1.807) is 20.3 Å². The van der Waals surface area contributed by atoms with Crippen molar-refractivity contribution in [3.8, 4) is 11.8 Å². The third kappa shape index (κ3) is 3.46. The van der Waals surface area contributed by atoms with E-state index in [0.717, 1.165) is 37.1 Å². The molecule has 1 aliphatic rings. The summed E-state index contributed by atoms with van der Waals surface area (Å²) >= 11 is 0. The van der Waals surface area contributed by atoms with Gasteiger partial charge in [-0.05, 0) is 37.5 Å². The summed E-state index contributed by atoms with van der Waals surface area (Å²) in [6, 6.07) is 8.16. The molecule has 0 amide bonds. The second-order valence-corrected chi connectivity index (χ2v) is 4.89. The van der Waals surface area contributed by atoms with Crippen molar-refractivity contribution in [3.05, 3.63) is 29.3 Å². The Bertz CT molecular complexity index is 468. The highest BCUT2D eigenvalue weighted by molar-refractivity contribution is 5.42. The zero-order valence-corrected chi connectivity index (χ0v) is 11.5. The van der Waals surface area contributed by atoms with E-state index in [-0.39, 0.29) is 0 Å². The third-order valence-corrected chi connectivity index (χ3v) is 3.71. The molecule has 1 aromatic carbocycles. The summed E-state index contributed by atoms with van der Waals surface area (Å²) in [6.45, 7) is 0.722. The molecule has 2 atom stereocenters. The van der Waals surface area contributed by atoms with Crippen molar-refractivity contribution < 1.29 is 9.47 Å². The standard InChI is InChI=1S/C15H20N2O2/c1-18-14-5-4-13(8-14)17-10-12-7-11(9-16)3-6-15(12)19-2/h3,6-7,13-14,17H,4-5,8,10H2,1-2H3. The highest BCUT2D eigenvalue weighted by Gasteiger charge is 2.23. The zero-order valence-electron chi connectivity index (χ0n) is 11.5. The molecule has 2 unspecified atom stereocenters. The van der Waals surface area contributed by atoms with Crippen LogP contribution in [0.5, 0.6) is 5.75 Å². The first-order valence-corrected chi connectivity index (χ1v) is 6.60. The largest absolute Gasteiger partial charge is 0.496 e. The van der Waals surface area contributed by atoms with Gasteiger partial charge in [0.25, 0.3) is 0 Å². The molecular formula is C15H20N2O2. The Balaban J connectivity index is 1.97. The minimum absolute atomic E-state index is 0.379. The fraction of sp³-hybridized carbons (Fsp3) is 0.533. The summed E-state index contributed by atoms with van der Waals surface area (Å²) in [5, 5.41) is 12.5. The smallest absolute Gasteiger partial charge is 0.123 e. The molecular weight excluding hydrogens is 240 g/mol. The van der Waals surface area contributed by atoms with Gasteiger partial charge in [-0.1, -0.05) is 0 Å². The monoisotopic (exact) mass is 260 g/mol. The van der Waals surface area contributed by atoms with Crippen LogP contribution in [0.3, 0.4) is 0 Å². The van der Waals surface area contributed by atoms with Gasteiger partial charge in [0.1, 0.15) is 5.75 Å². The van der Waals surface area contributed by atoms with Crippen LogP contribution in [-0.4, -0.2) is 26.4 Å². The number of rotatable bonds is 5. The summed E-state index contributed by atoms with van der Waals surface area (Å²) in [4.78, 5) is 0. The molecule has 1 aromatic rings. The van der Waals surface area contributed by atoms with E-state index in [9.17, 15) is 0 Å². The van der Waals surface area contributed by atoms with E-state index in [4.69, 9.17) is 14.7 Å². The van der Waals surface area contributed by atoms with Crippen LogP contribution in [-0.2, 0) is 11.3 Å². The Hall–Kier alpha value is -1.57. The summed E-state index contributed by atoms with van der Waals surface area (Å²) in [5.41, 5.74) is 1.70. The summed E-state index contributed by atoms with van der Waals surface area (Å²) in [7, 11) is 3.42. The fourth-order valence-electron chi connectivity index (χ4n) is 2.58. The quantitative estimate of drug-likeness (QED) is 0.882. The molecule has 0 bridgehead atoms. The molecule has 1 N–H and O–H groups in total. The van der Waals surface area contributed by atoms with E-state index in [2.05, 4.69) is 11.4 Å². The average Bonchev–Trinajstić information content (AvgIpc) is 2.92.